The van der Waals surface area contributed by atoms with Crippen LogP contribution < -0.4 is 0 Å². The molecule has 2 aliphatic heterocycles. The Kier molecular flexibility index (Phi) is 3.75. The Labute approximate surface area is 156 Å². The van der Waals surface area contributed by atoms with Crippen LogP contribution in [0, 0.1) is 24.7 Å². The van der Waals surface area contributed by atoms with Gasteiger partial charge in [0.05, 0.1) is 0 Å². The van der Waals surface area contributed by atoms with Gasteiger partial charge in [0.1, 0.15) is 11.4 Å². The summed E-state index contributed by atoms with van der Waals surface area (Å²) in [7, 11) is 0. The Balaban J connectivity index is 1.32. The van der Waals surface area contributed by atoms with E-state index in [0.717, 1.165) is 50.8 Å². The third kappa shape index (κ3) is 2.61. The van der Waals surface area contributed by atoms with E-state index in [1.165, 1.54) is 24.0 Å². The Morgan fingerprint density at radius 1 is 1.12 bits per heavy atom. The first kappa shape index (κ1) is 16.5. The van der Waals surface area contributed by atoms with E-state index in [9.17, 15) is 4.79 Å². The van der Waals surface area contributed by atoms with Crippen LogP contribution in [-0.4, -0.2) is 46.7 Å². The van der Waals surface area contributed by atoms with E-state index in [4.69, 9.17) is 4.99 Å². The van der Waals surface area contributed by atoms with Crippen LogP contribution in [-0.2, 0) is 11.3 Å². The Morgan fingerprint density at radius 3 is 2.62 bits per heavy atom. The molecule has 0 N–H and O–H groups in total. The highest BCUT2D eigenvalue weighted by atomic mass is 16.2. The van der Waals surface area contributed by atoms with Gasteiger partial charge in [-0.05, 0) is 56.9 Å². The molecule has 26 heavy (non-hydrogen) atoms. The van der Waals surface area contributed by atoms with Crippen molar-refractivity contribution in [2.24, 2.45) is 22.7 Å². The second-order valence-electron chi connectivity index (χ2n) is 9.03. The van der Waals surface area contributed by atoms with Crippen molar-refractivity contribution in [2.45, 2.75) is 51.6 Å². The summed E-state index contributed by atoms with van der Waals surface area (Å²) >= 11 is 0. The van der Waals surface area contributed by atoms with Gasteiger partial charge < -0.3 is 0 Å². The molecular formula is C22H29N3O. The number of fused-ring (bicyclic) bond motifs is 2. The maximum absolute atomic E-state index is 13.3. The van der Waals surface area contributed by atoms with Gasteiger partial charge in [-0.1, -0.05) is 29.8 Å². The third-order valence-electron chi connectivity index (χ3n) is 7.06. The zero-order valence-electron chi connectivity index (χ0n) is 15.9. The lowest BCUT2D eigenvalue weighted by atomic mass is 9.85. The predicted molar refractivity (Wildman–Crippen MR) is 103 cm³/mol. The number of amides is 1. The van der Waals surface area contributed by atoms with Gasteiger partial charge in [0.25, 0.3) is 5.91 Å². The summed E-state index contributed by atoms with van der Waals surface area (Å²) in [4.78, 5) is 22.9. The molecular weight excluding hydrogens is 322 g/mol. The van der Waals surface area contributed by atoms with Crippen LogP contribution in [0.3, 0.4) is 0 Å². The third-order valence-corrected chi connectivity index (χ3v) is 7.06. The number of likely N-dealkylation sites (tertiary alicyclic amines) is 1. The van der Waals surface area contributed by atoms with Crippen LogP contribution in [0.25, 0.3) is 0 Å². The largest absolute Gasteiger partial charge is 0.298 e. The van der Waals surface area contributed by atoms with Gasteiger partial charge in [-0.2, -0.15) is 0 Å². The second-order valence-corrected chi connectivity index (χ2v) is 9.03. The molecule has 2 aliphatic carbocycles. The van der Waals surface area contributed by atoms with Crippen molar-refractivity contribution in [1.29, 1.82) is 0 Å². The molecule has 0 aromatic heterocycles. The van der Waals surface area contributed by atoms with Gasteiger partial charge in [0.2, 0.25) is 0 Å². The molecule has 4 heteroatoms. The maximum atomic E-state index is 13.3. The summed E-state index contributed by atoms with van der Waals surface area (Å²) in [5, 5.41) is 0. The van der Waals surface area contributed by atoms with E-state index in [-0.39, 0.29) is 0 Å². The van der Waals surface area contributed by atoms with Crippen molar-refractivity contribution in [1.82, 2.24) is 9.80 Å². The Hall–Kier alpha value is -1.68. The minimum absolute atomic E-state index is 0.312. The van der Waals surface area contributed by atoms with Crippen LogP contribution in [0.1, 0.15) is 43.7 Å². The molecule has 1 spiro atoms. The fourth-order valence-electron chi connectivity index (χ4n) is 5.42. The highest BCUT2D eigenvalue weighted by Crippen LogP contribution is 2.50. The number of hydrogen-bond acceptors (Lipinski definition) is 3. The molecule has 0 radical (unpaired) electrons. The fraction of sp³-hybridized carbons (Fsp3) is 0.636. The summed E-state index contributed by atoms with van der Waals surface area (Å²) in [5.74, 6) is 3.03. The zero-order chi connectivity index (χ0) is 17.9. The molecule has 2 heterocycles. The van der Waals surface area contributed by atoms with Crippen molar-refractivity contribution < 1.29 is 4.79 Å². The topological polar surface area (TPSA) is 35.9 Å². The second kappa shape index (κ2) is 5.91. The first-order chi connectivity index (χ1) is 12.5. The predicted octanol–water partition coefficient (Wildman–Crippen LogP) is 3.25. The van der Waals surface area contributed by atoms with E-state index in [2.05, 4.69) is 36.1 Å². The van der Waals surface area contributed by atoms with Gasteiger partial charge in [-0.25, -0.2) is 0 Å². The average molecular weight is 351 g/mol. The smallest absolute Gasteiger partial charge is 0.256 e. The summed E-state index contributed by atoms with van der Waals surface area (Å²) in [5.41, 5.74) is 2.24. The number of amidine groups is 1. The molecule has 2 saturated carbocycles. The van der Waals surface area contributed by atoms with Gasteiger partial charge >= 0.3 is 0 Å². The van der Waals surface area contributed by atoms with Crippen LogP contribution >= 0.6 is 0 Å². The van der Waals surface area contributed by atoms with Gasteiger partial charge in [0, 0.05) is 32.1 Å². The molecule has 138 valence electrons. The molecule has 3 fully saturated rings. The lowest BCUT2D eigenvalue weighted by Crippen LogP contribution is -2.47. The molecule has 4 aliphatic rings. The van der Waals surface area contributed by atoms with E-state index in [0.29, 0.717) is 17.7 Å². The maximum Gasteiger partial charge on any atom is 0.256 e. The van der Waals surface area contributed by atoms with Gasteiger partial charge in [-0.15, -0.1) is 0 Å². The van der Waals surface area contributed by atoms with Crippen molar-refractivity contribution in [3.63, 3.8) is 0 Å². The first-order valence-electron chi connectivity index (χ1n) is 10.2. The minimum Gasteiger partial charge on any atom is -0.298 e. The quantitative estimate of drug-likeness (QED) is 0.835. The number of aryl methyl sites for hydroxylation is 1. The summed E-state index contributed by atoms with van der Waals surface area (Å²) in [6.45, 7) is 8.20. The molecule has 5 rings (SSSR count). The fourth-order valence-corrected chi connectivity index (χ4v) is 5.42. The average Bonchev–Trinajstić information content (AvgIpc) is 3.19. The van der Waals surface area contributed by atoms with Crippen LogP contribution in [0.15, 0.2) is 29.3 Å². The standard InChI is InChI=1S/C22H29N3O/c1-15-3-5-17(6-4-15)11-24-13-19-9-10-22(20(19)14-24)21(26)25(16(2)23-22)12-18-7-8-18/h3-6,18-20H,7-14H2,1-2H3/t19-,20+,22-/m0/s1. The van der Waals surface area contributed by atoms with Crippen molar-refractivity contribution in [3.8, 4) is 0 Å². The minimum atomic E-state index is -0.439. The number of aliphatic imine (C=N–C) groups is 1. The number of carbonyl (C=O) groups is 1. The molecule has 3 atom stereocenters. The summed E-state index contributed by atoms with van der Waals surface area (Å²) < 4.78 is 0. The van der Waals surface area contributed by atoms with E-state index >= 15 is 0 Å². The highest BCUT2D eigenvalue weighted by Gasteiger charge is 2.60. The number of carbonyl (C=O) groups excluding carboxylic acids is 1. The highest BCUT2D eigenvalue weighted by molar-refractivity contribution is 6.07. The Bertz CT molecular complexity index is 751. The number of nitrogens with zero attached hydrogens (tertiary/aromatic N) is 3. The number of rotatable bonds is 4. The van der Waals surface area contributed by atoms with Crippen LogP contribution in [0.4, 0.5) is 0 Å². The Morgan fingerprint density at radius 2 is 1.88 bits per heavy atom. The van der Waals surface area contributed by atoms with Crippen molar-refractivity contribution in [2.75, 3.05) is 19.6 Å². The van der Waals surface area contributed by atoms with Crippen LogP contribution in [0.5, 0.6) is 0 Å². The number of benzene rings is 1. The van der Waals surface area contributed by atoms with Gasteiger partial charge in [0.15, 0.2) is 0 Å². The van der Waals surface area contributed by atoms with E-state index in [1.807, 2.05) is 11.8 Å². The summed E-state index contributed by atoms with van der Waals surface area (Å²) in [6.07, 6.45) is 4.66. The SMILES string of the molecule is CC1=N[C@]2(CC[C@H]3CN(Cc4ccc(C)cc4)C[C@H]32)C(=O)N1CC1CC1. The normalized spacial score (nSPS) is 34.0. The molecule has 1 amide bonds. The number of hydrogen-bond donors (Lipinski definition) is 0. The van der Waals surface area contributed by atoms with E-state index in [1.54, 1.807) is 0 Å². The van der Waals surface area contributed by atoms with E-state index < -0.39 is 5.54 Å². The molecule has 1 saturated heterocycles. The lowest BCUT2D eigenvalue weighted by Gasteiger charge is -2.28. The van der Waals surface area contributed by atoms with Gasteiger partial charge in [-0.3, -0.25) is 19.6 Å². The van der Waals surface area contributed by atoms with Crippen molar-refractivity contribution >= 4 is 11.7 Å². The zero-order valence-corrected chi connectivity index (χ0v) is 15.9. The lowest BCUT2D eigenvalue weighted by molar-refractivity contribution is -0.132. The molecule has 0 unspecified atom stereocenters. The van der Waals surface area contributed by atoms with Crippen molar-refractivity contribution in [3.05, 3.63) is 35.4 Å². The molecule has 4 nitrogen and oxygen atoms in total. The summed E-state index contributed by atoms with van der Waals surface area (Å²) in [6, 6.07) is 8.86. The molecule has 1 aromatic carbocycles. The molecule has 0 bridgehead atoms. The monoisotopic (exact) mass is 351 g/mol. The van der Waals surface area contributed by atoms with Crippen LogP contribution in [0.2, 0.25) is 0 Å². The first-order valence-corrected chi connectivity index (χ1v) is 10.2. The molecule has 1 aromatic rings.